The molecule has 0 aromatic heterocycles. The van der Waals surface area contributed by atoms with Crippen LogP contribution < -0.4 is 5.32 Å². The molecular formula is C9H20N2. The topological polar surface area (TPSA) is 15.3 Å². The quantitative estimate of drug-likeness (QED) is 0.640. The molecule has 1 N–H and O–H groups in total. The van der Waals surface area contributed by atoms with Crippen molar-refractivity contribution in [3.8, 4) is 0 Å². The van der Waals surface area contributed by atoms with Gasteiger partial charge in [0.1, 0.15) is 0 Å². The first kappa shape index (κ1) is 9.01. The van der Waals surface area contributed by atoms with Crippen LogP contribution in [-0.4, -0.2) is 37.6 Å². The summed E-state index contributed by atoms with van der Waals surface area (Å²) < 4.78 is 0. The van der Waals surface area contributed by atoms with E-state index in [4.69, 9.17) is 0 Å². The molecule has 1 rings (SSSR count). The number of nitrogens with one attached hydrogen (secondary N) is 1. The third kappa shape index (κ3) is 1.74. The molecule has 1 saturated heterocycles. The zero-order valence-electron chi connectivity index (χ0n) is 8.09. The third-order valence-electron chi connectivity index (χ3n) is 2.77. The van der Waals surface area contributed by atoms with E-state index in [1.807, 2.05) is 0 Å². The minimum atomic E-state index is 0.708. The summed E-state index contributed by atoms with van der Waals surface area (Å²) in [6, 6.07) is 1.44. The normalized spacial score (nSPS) is 33.5. The molecule has 2 atom stereocenters. The van der Waals surface area contributed by atoms with E-state index >= 15 is 0 Å². The van der Waals surface area contributed by atoms with Gasteiger partial charge in [-0.05, 0) is 33.0 Å². The Morgan fingerprint density at radius 2 is 2.09 bits per heavy atom. The third-order valence-corrected chi connectivity index (χ3v) is 2.77. The molecule has 0 bridgehead atoms. The molecule has 66 valence electrons. The van der Waals surface area contributed by atoms with Crippen molar-refractivity contribution in [2.45, 2.75) is 32.4 Å². The van der Waals surface area contributed by atoms with E-state index in [9.17, 15) is 0 Å². The molecule has 11 heavy (non-hydrogen) atoms. The van der Waals surface area contributed by atoms with Crippen LogP contribution in [0.25, 0.3) is 0 Å². The lowest BCUT2D eigenvalue weighted by molar-refractivity contribution is 0.226. The van der Waals surface area contributed by atoms with Crippen molar-refractivity contribution in [1.82, 2.24) is 10.2 Å². The molecule has 0 aliphatic carbocycles. The van der Waals surface area contributed by atoms with E-state index in [1.54, 1.807) is 0 Å². The Kier molecular flexibility index (Phi) is 2.90. The zero-order valence-corrected chi connectivity index (χ0v) is 8.09. The SMILES string of the molecule is CNC1CCN(C)C1C(C)C. The summed E-state index contributed by atoms with van der Waals surface area (Å²) in [6.07, 6.45) is 1.30. The lowest BCUT2D eigenvalue weighted by Gasteiger charge is -2.28. The number of hydrogen-bond acceptors (Lipinski definition) is 2. The zero-order chi connectivity index (χ0) is 8.43. The summed E-state index contributed by atoms with van der Waals surface area (Å²) in [5.41, 5.74) is 0. The van der Waals surface area contributed by atoms with Gasteiger partial charge in [0.25, 0.3) is 0 Å². The lowest BCUT2D eigenvalue weighted by atomic mass is 9.98. The number of rotatable bonds is 2. The second-order valence-electron chi connectivity index (χ2n) is 3.90. The first-order valence-corrected chi connectivity index (χ1v) is 4.54. The molecule has 0 aromatic rings. The predicted octanol–water partition coefficient (Wildman–Crippen LogP) is 0.934. The Bertz CT molecular complexity index is 123. The van der Waals surface area contributed by atoms with Gasteiger partial charge in [0, 0.05) is 12.1 Å². The van der Waals surface area contributed by atoms with Gasteiger partial charge in [-0.15, -0.1) is 0 Å². The van der Waals surface area contributed by atoms with Crippen LogP contribution in [0.2, 0.25) is 0 Å². The van der Waals surface area contributed by atoms with E-state index in [2.05, 4.69) is 38.2 Å². The second-order valence-corrected chi connectivity index (χ2v) is 3.90. The monoisotopic (exact) mass is 156 g/mol. The Balaban J connectivity index is 2.56. The highest BCUT2D eigenvalue weighted by Gasteiger charge is 2.32. The molecule has 1 aliphatic heterocycles. The van der Waals surface area contributed by atoms with Gasteiger partial charge < -0.3 is 10.2 Å². The predicted molar refractivity (Wildman–Crippen MR) is 48.7 cm³/mol. The first-order valence-electron chi connectivity index (χ1n) is 4.54. The highest BCUT2D eigenvalue weighted by molar-refractivity contribution is 4.91. The molecule has 1 heterocycles. The summed E-state index contributed by atoms with van der Waals surface area (Å²) >= 11 is 0. The van der Waals surface area contributed by atoms with Crippen molar-refractivity contribution >= 4 is 0 Å². The molecule has 1 fully saturated rings. The van der Waals surface area contributed by atoms with E-state index in [0.29, 0.717) is 6.04 Å². The Hall–Kier alpha value is -0.0800. The molecule has 2 nitrogen and oxygen atoms in total. The van der Waals surface area contributed by atoms with Gasteiger partial charge in [-0.1, -0.05) is 13.8 Å². The maximum Gasteiger partial charge on any atom is 0.0269 e. The van der Waals surface area contributed by atoms with Crippen LogP contribution in [0.15, 0.2) is 0 Å². The van der Waals surface area contributed by atoms with Gasteiger partial charge in [-0.2, -0.15) is 0 Å². The average molecular weight is 156 g/mol. The van der Waals surface area contributed by atoms with Crippen molar-refractivity contribution in [3.63, 3.8) is 0 Å². The van der Waals surface area contributed by atoms with Gasteiger partial charge in [-0.25, -0.2) is 0 Å². The van der Waals surface area contributed by atoms with Crippen molar-refractivity contribution < 1.29 is 0 Å². The molecule has 0 spiro atoms. The summed E-state index contributed by atoms with van der Waals surface area (Å²) in [5, 5.41) is 3.38. The second kappa shape index (κ2) is 3.55. The van der Waals surface area contributed by atoms with E-state index < -0.39 is 0 Å². The molecular weight excluding hydrogens is 136 g/mol. The van der Waals surface area contributed by atoms with Crippen molar-refractivity contribution in [2.75, 3.05) is 20.6 Å². The minimum absolute atomic E-state index is 0.708. The van der Waals surface area contributed by atoms with E-state index in [-0.39, 0.29) is 0 Å². The van der Waals surface area contributed by atoms with Gasteiger partial charge in [0.15, 0.2) is 0 Å². The van der Waals surface area contributed by atoms with Crippen LogP contribution in [0.5, 0.6) is 0 Å². The van der Waals surface area contributed by atoms with Gasteiger partial charge in [-0.3, -0.25) is 0 Å². The molecule has 2 unspecified atom stereocenters. The van der Waals surface area contributed by atoms with Crippen LogP contribution >= 0.6 is 0 Å². The molecule has 1 aliphatic rings. The fraction of sp³-hybridized carbons (Fsp3) is 1.00. The highest BCUT2D eigenvalue weighted by Crippen LogP contribution is 2.21. The number of hydrogen-bond donors (Lipinski definition) is 1. The molecule has 2 heteroatoms. The van der Waals surface area contributed by atoms with Gasteiger partial charge in [0.05, 0.1) is 0 Å². The fourth-order valence-electron chi connectivity index (χ4n) is 2.26. The van der Waals surface area contributed by atoms with Crippen LogP contribution in [0.3, 0.4) is 0 Å². The van der Waals surface area contributed by atoms with Crippen LogP contribution in [0.4, 0.5) is 0 Å². The maximum absolute atomic E-state index is 3.38. The van der Waals surface area contributed by atoms with Crippen LogP contribution in [-0.2, 0) is 0 Å². The molecule has 0 aromatic carbocycles. The fourth-order valence-corrected chi connectivity index (χ4v) is 2.26. The Morgan fingerprint density at radius 3 is 2.45 bits per heavy atom. The van der Waals surface area contributed by atoms with Crippen LogP contribution in [0.1, 0.15) is 20.3 Å². The Morgan fingerprint density at radius 1 is 1.45 bits per heavy atom. The van der Waals surface area contributed by atoms with Crippen molar-refractivity contribution in [1.29, 1.82) is 0 Å². The molecule has 0 radical (unpaired) electrons. The molecule has 0 saturated carbocycles. The standard InChI is InChI=1S/C9H20N2/c1-7(2)9-8(10-3)5-6-11(9)4/h7-10H,5-6H2,1-4H3. The summed E-state index contributed by atoms with van der Waals surface area (Å²) in [5.74, 6) is 0.764. The van der Waals surface area contributed by atoms with Crippen LogP contribution in [0, 0.1) is 5.92 Å². The first-order chi connectivity index (χ1) is 5.16. The van der Waals surface area contributed by atoms with E-state index in [1.165, 1.54) is 13.0 Å². The number of likely N-dealkylation sites (tertiary alicyclic amines) is 1. The van der Waals surface area contributed by atoms with Gasteiger partial charge >= 0.3 is 0 Å². The van der Waals surface area contributed by atoms with Crippen molar-refractivity contribution in [2.24, 2.45) is 5.92 Å². The largest absolute Gasteiger partial charge is 0.315 e. The minimum Gasteiger partial charge on any atom is -0.315 e. The van der Waals surface area contributed by atoms with Crippen molar-refractivity contribution in [3.05, 3.63) is 0 Å². The van der Waals surface area contributed by atoms with E-state index in [0.717, 1.165) is 12.0 Å². The Labute approximate surface area is 70.0 Å². The average Bonchev–Trinajstić information content (AvgIpc) is 2.30. The lowest BCUT2D eigenvalue weighted by Crippen LogP contribution is -2.42. The smallest absolute Gasteiger partial charge is 0.0269 e. The molecule has 0 amide bonds. The number of likely N-dealkylation sites (N-methyl/N-ethyl adjacent to an activating group) is 2. The van der Waals surface area contributed by atoms with Gasteiger partial charge in [0.2, 0.25) is 0 Å². The number of nitrogens with zero attached hydrogens (tertiary/aromatic N) is 1. The summed E-state index contributed by atoms with van der Waals surface area (Å²) in [6.45, 7) is 5.85. The summed E-state index contributed by atoms with van der Waals surface area (Å²) in [7, 11) is 4.29. The highest BCUT2D eigenvalue weighted by atomic mass is 15.2. The maximum atomic E-state index is 3.38. The summed E-state index contributed by atoms with van der Waals surface area (Å²) in [4.78, 5) is 2.46.